The third kappa shape index (κ3) is 1.26. The molecular weight excluding hydrogens is 238 g/mol. The molecule has 3 heteroatoms. The molecular formula is C16H21NO2. The van der Waals surface area contributed by atoms with Crippen LogP contribution in [0.5, 0.6) is 0 Å². The van der Waals surface area contributed by atoms with Crippen molar-refractivity contribution in [2.24, 2.45) is 28.3 Å². The summed E-state index contributed by atoms with van der Waals surface area (Å²) >= 11 is 0. The van der Waals surface area contributed by atoms with Crippen molar-refractivity contribution < 1.29 is 9.25 Å². The molecule has 0 radical (unpaired) electrons. The molecule has 3 aliphatic carbocycles. The number of aryl methyl sites for hydroxylation is 1. The lowest BCUT2D eigenvalue weighted by Crippen LogP contribution is -2.64. The summed E-state index contributed by atoms with van der Waals surface area (Å²) in [6.07, 6.45) is 2.47. The van der Waals surface area contributed by atoms with Gasteiger partial charge >= 0.3 is 0 Å². The molecule has 2 unspecified atom stereocenters. The smallest absolute Gasteiger partial charge is 0.152 e. The standard InChI is InChI=1S/C16H21NO2/c1-9-5-6-12(18-9)14-11-7-10-8-13(15(10,2)3)16(11,4)19-17-14/h5-6,10-11,13H,7-8H2,1-4H3/t10-,11?,13+,16?/m1/s1. The Balaban J connectivity index is 1.70. The van der Waals surface area contributed by atoms with Gasteiger partial charge in [-0.15, -0.1) is 0 Å². The molecule has 0 spiro atoms. The molecule has 102 valence electrons. The van der Waals surface area contributed by atoms with Crippen LogP contribution >= 0.6 is 0 Å². The van der Waals surface area contributed by atoms with Gasteiger partial charge in [0.2, 0.25) is 0 Å². The molecule has 3 fully saturated rings. The van der Waals surface area contributed by atoms with Crippen molar-refractivity contribution in [1.29, 1.82) is 0 Å². The summed E-state index contributed by atoms with van der Waals surface area (Å²) in [5, 5.41) is 4.40. The van der Waals surface area contributed by atoms with Crippen LogP contribution in [0, 0.1) is 30.1 Å². The Morgan fingerprint density at radius 3 is 2.63 bits per heavy atom. The molecule has 4 aliphatic rings. The van der Waals surface area contributed by atoms with Crippen LogP contribution in [0.4, 0.5) is 0 Å². The van der Waals surface area contributed by atoms with E-state index < -0.39 is 0 Å². The SMILES string of the molecule is Cc1ccc(C2=NOC3(C)C2C[C@@H]2C[C@H]3C2(C)C)o1. The van der Waals surface area contributed by atoms with Crippen LogP contribution in [0.3, 0.4) is 0 Å². The van der Waals surface area contributed by atoms with Gasteiger partial charge in [-0.05, 0) is 50.2 Å². The number of nitrogens with zero attached hydrogens (tertiary/aromatic N) is 1. The first-order chi connectivity index (χ1) is 8.93. The van der Waals surface area contributed by atoms with E-state index in [0.717, 1.165) is 23.2 Å². The van der Waals surface area contributed by atoms with E-state index in [1.165, 1.54) is 12.8 Å². The Bertz CT molecular complexity index is 571. The van der Waals surface area contributed by atoms with Gasteiger partial charge in [-0.2, -0.15) is 0 Å². The minimum Gasteiger partial charge on any atom is -0.460 e. The van der Waals surface area contributed by atoms with Crippen LogP contribution in [0.15, 0.2) is 21.7 Å². The Kier molecular flexibility index (Phi) is 1.98. The zero-order valence-corrected chi connectivity index (χ0v) is 12.1. The molecule has 2 heterocycles. The fourth-order valence-corrected chi connectivity index (χ4v) is 4.66. The monoisotopic (exact) mass is 259 g/mol. The number of rotatable bonds is 1. The Hall–Kier alpha value is -1.25. The van der Waals surface area contributed by atoms with E-state index in [1.54, 1.807) is 0 Å². The molecule has 0 amide bonds. The van der Waals surface area contributed by atoms with Gasteiger partial charge in [0.25, 0.3) is 0 Å². The zero-order valence-electron chi connectivity index (χ0n) is 12.1. The summed E-state index contributed by atoms with van der Waals surface area (Å²) in [6, 6.07) is 4.02. The molecule has 19 heavy (non-hydrogen) atoms. The second-order valence-corrected chi connectivity index (χ2v) is 7.26. The maximum atomic E-state index is 5.93. The van der Waals surface area contributed by atoms with E-state index in [1.807, 2.05) is 19.1 Å². The quantitative estimate of drug-likeness (QED) is 0.769. The summed E-state index contributed by atoms with van der Waals surface area (Å²) in [4.78, 5) is 5.93. The number of hydrogen-bond donors (Lipinski definition) is 0. The number of furan rings is 1. The fraction of sp³-hybridized carbons (Fsp3) is 0.688. The van der Waals surface area contributed by atoms with Crippen molar-refractivity contribution in [2.75, 3.05) is 0 Å². The molecule has 5 rings (SSSR count). The highest BCUT2D eigenvalue weighted by Gasteiger charge is 2.68. The van der Waals surface area contributed by atoms with Crippen molar-refractivity contribution in [3.63, 3.8) is 0 Å². The first-order valence-electron chi connectivity index (χ1n) is 7.26. The molecule has 0 aromatic carbocycles. The third-order valence-electron chi connectivity index (χ3n) is 6.04. The molecule has 1 aromatic rings. The van der Waals surface area contributed by atoms with Gasteiger partial charge in [-0.3, -0.25) is 0 Å². The van der Waals surface area contributed by atoms with Gasteiger partial charge in [0.15, 0.2) is 5.76 Å². The highest BCUT2D eigenvalue weighted by molar-refractivity contribution is 6.01. The Morgan fingerprint density at radius 1 is 1.21 bits per heavy atom. The number of oxime groups is 1. The molecule has 0 N–H and O–H groups in total. The molecule has 1 aromatic heterocycles. The maximum Gasteiger partial charge on any atom is 0.152 e. The first kappa shape index (κ1) is 11.6. The van der Waals surface area contributed by atoms with Crippen molar-refractivity contribution in [3.8, 4) is 0 Å². The zero-order chi connectivity index (χ0) is 13.4. The summed E-state index contributed by atoms with van der Waals surface area (Å²) in [6.45, 7) is 8.98. The van der Waals surface area contributed by atoms with Crippen molar-refractivity contribution in [2.45, 2.75) is 46.1 Å². The Labute approximate surface area is 114 Å². The van der Waals surface area contributed by atoms with Gasteiger partial charge in [0.1, 0.15) is 17.1 Å². The van der Waals surface area contributed by atoms with Gasteiger partial charge in [0.05, 0.1) is 5.92 Å². The molecule has 3 nitrogen and oxygen atoms in total. The molecule has 0 saturated heterocycles. The normalized spacial score (nSPS) is 42.1. The predicted molar refractivity (Wildman–Crippen MR) is 73.0 cm³/mol. The summed E-state index contributed by atoms with van der Waals surface area (Å²) < 4.78 is 5.75. The van der Waals surface area contributed by atoms with Crippen molar-refractivity contribution in [3.05, 3.63) is 23.7 Å². The van der Waals surface area contributed by atoms with Crippen LogP contribution < -0.4 is 0 Å². The Morgan fingerprint density at radius 2 is 2.00 bits per heavy atom. The molecule has 2 bridgehead atoms. The van der Waals surface area contributed by atoms with Gasteiger partial charge in [0, 0.05) is 5.92 Å². The number of hydrogen-bond acceptors (Lipinski definition) is 3. The second kappa shape index (κ2) is 3.25. The molecule has 4 atom stereocenters. The average molecular weight is 259 g/mol. The van der Waals surface area contributed by atoms with Crippen LogP contribution in [0.2, 0.25) is 0 Å². The van der Waals surface area contributed by atoms with E-state index in [9.17, 15) is 0 Å². The summed E-state index contributed by atoms with van der Waals surface area (Å²) in [5.74, 6) is 3.65. The topological polar surface area (TPSA) is 34.7 Å². The van der Waals surface area contributed by atoms with Gasteiger partial charge < -0.3 is 9.25 Å². The predicted octanol–water partition coefficient (Wildman–Crippen LogP) is 3.76. The highest BCUT2D eigenvalue weighted by atomic mass is 16.7. The minimum absolute atomic E-state index is 0.131. The van der Waals surface area contributed by atoms with Crippen molar-refractivity contribution in [1.82, 2.24) is 0 Å². The first-order valence-corrected chi connectivity index (χ1v) is 7.26. The van der Waals surface area contributed by atoms with Gasteiger partial charge in [-0.1, -0.05) is 19.0 Å². The van der Waals surface area contributed by atoms with Crippen LogP contribution in [-0.2, 0) is 4.84 Å². The van der Waals surface area contributed by atoms with Crippen LogP contribution in [0.25, 0.3) is 0 Å². The van der Waals surface area contributed by atoms with Crippen LogP contribution in [0.1, 0.15) is 45.1 Å². The lowest BCUT2D eigenvalue weighted by molar-refractivity contribution is -0.220. The van der Waals surface area contributed by atoms with E-state index in [-0.39, 0.29) is 5.60 Å². The lowest BCUT2D eigenvalue weighted by Gasteiger charge is -2.63. The summed E-state index contributed by atoms with van der Waals surface area (Å²) in [7, 11) is 0. The lowest BCUT2D eigenvalue weighted by atomic mass is 9.41. The second-order valence-electron chi connectivity index (χ2n) is 7.26. The third-order valence-corrected chi connectivity index (χ3v) is 6.04. The largest absolute Gasteiger partial charge is 0.460 e. The maximum absolute atomic E-state index is 5.93. The van der Waals surface area contributed by atoms with Crippen LogP contribution in [-0.4, -0.2) is 11.3 Å². The summed E-state index contributed by atoms with van der Waals surface area (Å²) in [5.41, 5.74) is 1.30. The highest BCUT2D eigenvalue weighted by Crippen LogP contribution is 2.67. The van der Waals surface area contributed by atoms with E-state index >= 15 is 0 Å². The minimum atomic E-state index is -0.131. The molecule has 1 aliphatic heterocycles. The van der Waals surface area contributed by atoms with Gasteiger partial charge in [-0.25, -0.2) is 0 Å². The van der Waals surface area contributed by atoms with E-state index in [4.69, 9.17) is 9.25 Å². The molecule has 3 saturated carbocycles. The van der Waals surface area contributed by atoms with E-state index in [2.05, 4.69) is 25.9 Å². The van der Waals surface area contributed by atoms with E-state index in [0.29, 0.717) is 17.3 Å². The van der Waals surface area contributed by atoms with Crippen molar-refractivity contribution >= 4 is 5.71 Å². The fourth-order valence-electron chi connectivity index (χ4n) is 4.66. The average Bonchev–Trinajstić information content (AvgIpc) is 2.91.